The van der Waals surface area contributed by atoms with Gasteiger partial charge in [0.05, 0.1) is 60.8 Å². The van der Waals surface area contributed by atoms with Gasteiger partial charge >= 0.3 is 123 Å². The Morgan fingerprint density at radius 2 is 0.952 bits per heavy atom. The Labute approximate surface area is 427 Å². The predicted octanol–water partition coefficient (Wildman–Crippen LogP) is 2.25. The van der Waals surface area contributed by atoms with Crippen molar-refractivity contribution >= 4 is 142 Å². The number of nitrogens with two attached hydrogens (primary N) is 1. The molecular weight excluding hydrogens is 1060 g/mol. The zero-order valence-electron chi connectivity index (χ0n) is 31.7. The molecule has 0 aliphatic carbocycles. The van der Waals surface area contributed by atoms with Crippen LogP contribution in [0.1, 0.15) is 69.1 Å². The molecular formula is C32H31Cl6KN3O16PS3. The number of carboxylic acids is 1. The number of carboxylic acid groups (broad SMARTS) is 1. The monoisotopic (exact) mass is 1090 g/mol. The average molecular weight is 1090 g/mol. The Bertz CT molecular complexity index is 2190. The van der Waals surface area contributed by atoms with Gasteiger partial charge in [-0.05, 0) is 36.4 Å². The fourth-order valence-corrected chi connectivity index (χ4v) is 5.64. The van der Waals surface area contributed by atoms with Gasteiger partial charge in [-0.25, -0.2) is 30.6 Å². The summed E-state index contributed by atoms with van der Waals surface area (Å²) in [7, 11) is -3.12. The summed E-state index contributed by atoms with van der Waals surface area (Å²) in [5, 5.41) is 7.42. The average Bonchev–Trinajstić information content (AvgIpc) is 3.65. The SMILES string of the molecule is CC(=O)O.ClP(Cl)(Cl)(Cl)Cl.NCCS(=O)O.O=C1OC(=O)c2ccccc21.O=C1c2ccccc2C(=O)N1CCS(=O)(=O)Cl.O=C1c2ccccc2C(=O)N1CCS(=O)(=O)[O-].[K+]. The molecule has 30 heteroatoms. The third-order valence-corrected chi connectivity index (χ3v) is 9.13. The molecule has 62 heavy (non-hydrogen) atoms. The summed E-state index contributed by atoms with van der Waals surface area (Å²) in [4.78, 5) is 79.4. The fraction of sp³-hybridized carbons (Fsp3) is 0.219. The molecule has 3 aromatic rings. The van der Waals surface area contributed by atoms with E-state index in [1.807, 2.05) is 0 Å². The van der Waals surface area contributed by atoms with Gasteiger partial charge in [-0.3, -0.25) is 33.8 Å². The smallest absolute Gasteiger partial charge is 0.748 e. The number of hydrogen-bond donors (Lipinski definition) is 3. The second-order valence-corrected chi connectivity index (χ2v) is 33.4. The number of cyclic esters (lactones) is 2. The van der Waals surface area contributed by atoms with Gasteiger partial charge in [0.1, 0.15) is 0 Å². The number of amides is 4. The number of rotatable bonds is 8. The second-order valence-electron chi connectivity index (χ2n) is 11.3. The number of carbonyl (C=O) groups is 7. The van der Waals surface area contributed by atoms with E-state index in [-0.39, 0.29) is 81.4 Å². The molecule has 336 valence electrons. The quantitative estimate of drug-likeness (QED) is 0.0426. The Morgan fingerprint density at radius 3 is 1.16 bits per heavy atom. The van der Waals surface area contributed by atoms with Crippen molar-refractivity contribution in [3.63, 3.8) is 0 Å². The molecule has 3 heterocycles. The zero-order chi connectivity index (χ0) is 47.1. The van der Waals surface area contributed by atoms with Crippen LogP contribution in [-0.2, 0) is 39.8 Å². The molecule has 0 bridgehead atoms. The first kappa shape index (κ1) is 60.3. The third-order valence-electron chi connectivity index (χ3n) is 6.72. The van der Waals surface area contributed by atoms with Crippen LogP contribution in [0.15, 0.2) is 72.8 Å². The maximum Gasteiger partial charge on any atom is 1.00 e. The normalized spacial score (nSPS) is 14.6. The van der Waals surface area contributed by atoms with Crippen LogP contribution in [0.5, 0.6) is 0 Å². The molecule has 1 unspecified atom stereocenters. The van der Waals surface area contributed by atoms with Gasteiger partial charge in [0.15, 0.2) is 11.1 Å². The molecule has 19 nitrogen and oxygen atoms in total. The molecule has 0 radical (unpaired) electrons. The summed E-state index contributed by atoms with van der Waals surface area (Å²) in [5.41, 5.74) is 6.66. The van der Waals surface area contributed by atoms with Gasteiger partial charge in [0.2, 0.25) is 9.05 Å². The molecule has 0 aromatic heterocycles. The minimum absolute atomic E-state index is 0. The molecule has 0 saturated heterocycles. The van der Waals surface area contributed by atoms with Crippen molar-refractivity contribution in [1.82, 2.24) is 9.80 Å². The van der Waals surface area contributed by atoms with Crippen LogP contribution in [0.3, 0.4) is 0 Å². The summed E-state index contributed by atoms with van der Waals surface area (Å²) in [6.07, 6.45) is 0. The van der Waals surface area contributed by atoms with Gasteiger partial charge in [-0.1, -0.05) is 36.4 Å². The predicted molar refractivity (Wildman–Crippen MR) is 228 cm³/mol. The number of imide groups is 2. The topological polar surface area (TPSA) is 310 Å². The van der Waals surface area contributed by atoms with Crippen molar-refractivity contribution in [2.45, 2.75) is 6.92 Å². The Morgan fingerprint density at radius 1 is 0.694 bits per heavy atom. The van der Waals surface area contributed by atoms with Crippen molar-refractivity contribution in [2.24, 2.45) is 5.73 Å². The molecule has 0 spiro atoms. The number of carbonyl (C=O) groups excluding carboxylic acids is 6. The summed E-state index contributed by atoms with van der Waals surface area (Å²) >= 11 is 23.2. The van der Waals surface area contributed by atoms with Crippen LogP contribution >= 0.6 is 70.3 Å². The Hall–Kier alpha value is -1.71. The molecule has 4 amide bonds. The zero-order valence-corrected chi connectivity index (χ0v) is 42.7. The van der Waals surface area contributed by atoms with Gasteiger partial charge in [-0.15, -0.1) is 0 Å². The first-order valence-electron chi connectivity index (χ1n) is 16.0. The number of ether oxygens (including phenoxy) is 1. The number of nitrogens with zero attached hydrogens (tertiary/aromatic N) is 2. The van der Waals surface area contributed by atoms with E-state index in [0.717, 1.165) is 16.7 Å². The number of halogens is 6. The summed E-state index contributed by atoms with van der Waals surface area (Å²) in [6, 6.07) is 19.1. The molecule has 0 fully saturated rings. The minimum Gasteiger partial charge on any atom is -0.748 e. The van der Waals surface area contributed by atoms with Gasteiger partial charge in [0.25, 0.3) is 29.6 Å². The Balaban J connectivity index is 0.000000772. The molecule has 4 N–H and O–H groups in total. The Kier molecular flexibility index (Phi) is 25.7. The fourth-order valence-electron chi connectivity index (χ4n) is 4.42. The van der Waals surface area contributed by atoms with Gasteiger partial charge in [0, 0.05) is 37.2 Å². The van der Waals surface area contributed by atoms with Crippen LogP contribution in [-0.4, -0.2) is 123 Å². The van der Waals surface area contributed by atoms with Crippen LogP contribution in [0.4, 0.5) is 0 Å². The summed E-state index contributed by atoms with van der Waals surface area (Å²) < 4.78 is 71.2. The standard InChI is InChI=1S/C10H8ClNO4S.C10H9NO5S.C8H4O3.C2H7NO2S.C2H4O2.Cl5P.K/c11-17(15,16)6-5-12-9(13)7-3-1-2-4-8(7)10(12)14;12-9-7-3-1-2-4-8(7)10(13)11(9)5-6-17(14,15)16;9-7-5-3-1-2-4-6(5)8(10)11-7;3-1-2-6(4)5;1-2(3)4;1-6(2,3,4)5;/h1-4H,5-6H2;1-4H,5-6H2,(H,14,15,16);1-4H;1-3H2,(H,4,5);1H3,(H,3,4);;/q;;;;;;+1/p-1. The largest absolute Gasteiger partial charge is 1.00 e. The first-order valence-corrected chi connectivity index (χ1v) is 28.1. The van der Waals surface area contributed by atoms with E-state index < -0.39 is 93.2 Å². The summed E-state index contributed by atoms with van der Waals surface area (Å²) in [5.74, 6) is -5.05. The maximum absolute atomic E-state index is 11.8. The molecule has 1 atom stereocenters. The van der Waals surface area contributed by atoms with Gasteiger partial charge < -0.3 is 24.7 Å². The molecule has 3 aromatic carbocycles. The number of aliphatic carboxylic acids is 1. The minimum atomic E-state index is -4.44. The summed E-state index contributed by atoms with van der Waals surface area (Å²) in [6.45, 7) is 0.736. The second kappa shape index (κ2) is 26.4. The number of fused-ring (bicyclic) bond motifs is 3. The van der Waals surface area contributed by atoms with E-state index in [0.29, 0.717) is 22.3 Å². The van der Waals surface area contributed by atoms with Crippen molar-refractivity contribution in [3.05, 3.63) is 106 Å². The van der Waals surface area contributed by atoms with Crippen LogP contribution in [0.2, 0.25) is 0 Å². The van der Waals surface area contributed by atoms with Gasteiger partial charge in [-0.2, -0.15) is 0 Å². The number of hydrogen-bond acceptors (Lipinski definition) is 15. The van der Waals surface area contributed by atoms with Crippen LogP contribution in [0, 0.1) is 0 Å². The van der Waals surface area contributed by atoms with E-state index >= 15 is 0 Å². The molecule has 3 aliphatic rings. The number of esters is 2. The van der Waals surface area contributed by atoms with E-state index in [1.165, 1.54) is 24.3 Å². The maximum atomic E-state index is 11.8. The molecule has 6 rings (SSSR count). The first-order chi connectivity index (χ1) is 27.8. The van der Waals surface area contributed by atoms with E-state index in [1.54, 1.807) is 48.5 Å². The van der Waals surface area contributed by atoms with Crippen molar-refractivity contribution in [1.29, 1.82) is 0 Å². The van der Waals surface area contributed by atoms with Crippen LogP contribution in [0.25, 0.3) is 0 Å². The molecule has 3 aliphatic heterocycles. The van der Waals surface area contributed by atoms with Crippen molar-refractivity contribution in [3.8, 4) is 0 Å². The molecule has 0 saturated carbocycles. The van der Waals surface area contributed by atoms with Crippen molar-refractivity contribution in [2.75, 3.05) is 36.9 Å². The van der Waals surface area contributed by atoms with E-state index in [9.17, 15) is 54.4 Å². The van der Waals surface area contributed by atoms with E-state index in [4.69, 9.17) is 87.1 Å². The van der Waals surface area contributed by atoms with Crippen molar-refractivity contribution < 1.29 is 125 Å². The third kappa shape index (κ3) is 23.5. The van der Waals surface area contributed by atoms with Crippen LogP contribution < -0.4 is 57.1 Å². The van der Waals surface area contributed by atoms with E-state index in [2.05, 4.69) is 4.74 Å². The number of benzene rings is 3.